The second-order valence-corrected chi connectivity index (χ2v) is 8.11. The molecule has 0 aromatic heterocycles. The molecule has 0 bridgehead atoms. The molecule has 0 amide bonds. The predicted molar refractivity (Wildman–Crippen MR) is 102 cm³/mol. The van der Waals surface area contributed by atoms with E-state index in [2.05, 4.69) is 41.1 Å². The van der Waals surface area contributed by atoms with Gasteiger partial charge in [-0.1, -0.05) is 29.7 Å². The Kier molecular flexibility index (Phi) is 6.49. The Hall–Kier alpha value is -0.875. The Morgan fingerprint density at radius 1 is 1.04 bits per heavy atom. The van der Waals surface area contributed by atoms with Crippen LogP contribution in [-0.4, -0.2) is 66.8 Å². The molecular formula is C19H33BN2O2. The molecule has 0 atom stereocenters. The molecule has 1 aliphatic heterocycles. The van der Waals surface area contributed by atoms with Crippen molar-refractivity contribution in [1.82, 2.24) is 9.80 Å². The van der Waals surface area contributed by atoms with Crippen LogP contribution in [0.2, 0.25) is 0 Å². The standard InChI is InChI=1S/C19H33BN2O2/c1-18(2,23)19(3,4)24-20-17-9-7-16(8-10-17)15-22-12-6-11-21(5)13-14-22/h7-10,20,23H,6,11-15H2,1-5H3. The second kappa shape index (κ2) is 8.00. The lowest BCUT2D eigenvalue weighted by Gasteiger charge is -2.37. The molecule has 0 aliphatic carbocycles. The van der Waals surface area contributed by atoms with E-state index >= 15 is 0 Å². The summed E-state index contributed by atoms with van der Waals surface area (Å²) in [7, 11) is 2.72. The molecule has 1 aromatic carbocycles. The zero-order chi connectivity index (χ0) is 17.8. The van der Waals surface area contributed by atoms with Crippen LogP contribution in [0.4, 0.5) is 0 Å². The van der Waals surface area contributed by atoms with Crippen molar-refractivity contribution in [3.63, 3.8) is 0 Å². The zero-order valence-electron chi connectivity index (χ0n) is 16.0. The summed E-state index contributed by atoms with van der Waals surface area (Å²) >= 11 is 0. The smallest absolute Gasteiger partial charge is 0.309 e. The van der Waals surface area contributed by atoms with E-state index < -0.39 is 11.2 Å². The summed E-state index contributed by atoms with van der Waals surface area (Å²) < 4.78 is 5.93. The Bertz CT molecular complexity index is 511. The number of benzene rings is 1. The van der Waals surface area contributed by atoms with Gasteiger partial charge in [-0.25, -0.2) is 0 Å². The van der Waals surface area contributed by atoms with Gasteiger partial charge >= 0.3 is 7.48 Å². The Morgan fingerprint density at radius 3 is 2.33 bits per heavy atom. The van der Waals surface area contributed by atoms with Gasteiger partial charge in [0.25, 0.3) is 0 Å². The lowest BCUT2D eigenvalue weighted by atomic mass is 9.82. The minimum Gasteiger partial charge on any atom is -0.427 e. The van der Waals surface area contributed by atoms with E-state index in [4.69, 9.17) is 4.65 Å². The van der Waals surface area contributed by atoms with E-state index in [0.717, 1.165) is 25.1 Å². The molecule has 2 rings (SSSR count). The first kappa shape index (κ1) is 19.4. The van der Waals surface area contributed by atoms with E-state index in [1.165, 1.54) is 25.1 Å². The molecule has 0 unspecified atom stereocenters. The van der Waals surface area contributed by atoms with Crippen molar-refractivity contribution in [2.45, 2.75) is 51.9 Å². The minimum atomic E-state index is -0.868. The van der Waals surface area contributed by atoms with Crippen molar-refractivity contribution in [2.24, 2.45) is 0 Å². The van der Waals surface area contributed by atoms with Crippen molar-refractivity contribution in [1.29, 1.82) is 0 Å². The molecule has 0 spiro atoms. The maximum absolute atomic E-state index is 10.2. The van der Waals surface area contributed by atoms with E-state index in [9.17, 15) is 5.11 Å². The first-order valence-electron chi connectivity index (χ1n) is 9.02. The van der Waals surface area contributed by atoms with Crippen molar-refractivity contribution in [2.75, 3.05) is 33.2 Å². The number of nitrogens with zero attached hydrogens (tertiary/aromatic N) is 2. The van der Waals surface area contributed by atoms with E-state index in [0.29, 0.717) is 7.48 Å². The molecule has 134 valence electrons. The van der Waals surface area contributed by atoms with Crippen LogP contribution in [-0.2, 0) is 11.2 Å². The van der Waals surface area contributed by atoms with Crippen molar-refractivity contribution in [3.8, 4) is 0 Å². The van der Waals surface area contributed by atoms with Crippen LogP contribution < -0.4 is 5.46 Å². The third-order valence-corrected chi connectivity index (χ3v) is 5.31. The summed E-state index contributed by atoms with van der Waals surface area (Å²) in [6, 6.07) is 8.67. The van der Waals surface area contributed by atoms with Crippen LogP contribution in [0.5, 0.6) is 0 Å². The molecule has 1 aliphatic rings. The highest BCUT2D eigenvalue weighted by atomic mass is 16.5. The average molecular weight is 332 g/mol. The van der Waals surface area contributed by atoms with Crippen LogP contribution in [0.1, 0.15) is 39.7 Å². The first-order chi connectivity index (χ1) is 11.2. The minimum absolute atomic E-state index is 0.520. The van der Waals surface area contributed by atoms with Crippen LogP contribution in [0.3, 0.4) is 0 Å². The highest BCUT2D eigenvalue weighted by Crippen LogP contribution is 2.24. The van der Waals surface area contributed by atoms with Gasteiger partial charge in [0.05, 0.1) is 11.2 Å². The molecule has 0 radical (unpaired) electrons. The Morgan fingerprint density at radius 2 is 1.71 bits per heavy atom. The predicted octanol–water partition coefficient (Wildman–Crippen LogP) is 1.37. The Balaban J connectivity index is 1.86. The van der Waals surface area contributed by atoms with Gasteiger partial charge in [0.1, 0.15) is 0 Å². The zero-order valence-corrected chi connectivity index (χ0v) is 16.0. The van der Waals surface area contributed by atoms with Crippen LogP contribution >= 0.6 is 0 Å². The van der Waals surface area contributed by atoms with Gasteiger partial charge in [0, 0.05) is 19.6 Å². The number of hydrogen-bond donors (Lipinski definition) is 1. The highest BCUT2D eigenvalue weighted by molar-refractivity contribution is 6.47. The van der Waals surface area contributed by atoms with Gasteiger partial charge in [-0.15, -0.1) is 0 Å². The Labute approximate surface area is 148 Å². The lowest BCUT2D eigenvalue weighted by Crippen LogP contribution is -2.49. The summed E-state index contributed by atoms with van der Waals surface area (Å²) in [5, 5.41) is 10.2. The summed E-state index contributed by atoms with van der Waals surface area (Å²) in [6.45, 7) is 13.1. The van der Waals surface area contributed by atoms with Crippen LogP contribution in [0.25, 0.3) is 0 Å². The fourth-order valence-corrected chi connectivity index (χ4v) is 2.70. The maximum atomic E-state index is 10.2. The van der Waals surface area contributed by atoms with E-state index in [1.807, 2.05) is 13.8 Å². The number of aliphatic hydroxyl groups is 1. The van der Waals surface area contributed by atoms with Crippen LogP contribution in [0, 0.1) is 0 Å². The van der Waals surface area contributed by atoms with Gasteiger partial charge in [-0.3, -0.25) is 4.90 Å². The average Bonchev–Trinajstić information content (AvgIpc) is 2.70. The molecule has 4 nitrogen and oxygen atoms in total. The quantitative estimate of drug-likeness (QED) is 0.798. The van der Waals surface area contributed by atoms with Crippen molar-refractivity contribution < 1.29 is 9.76 Å². The maximum Gasteiger partial charge on any atom is 0.309 e. The summed E-state index contributed by atoms with van der Waals surface area (Å²) in [5.41, 5.74) is 1.05. The molecule has 5 heteroatoms. The van der Waals surface area contributed by atoms with Gasteiger partial charge in [-0.05, 0) is 59.8 Å². The molecule has 1 fully saturated rings. The SMILES string of the molecule is CN1CCCN(Cc2ccc(BOC(C)(C)C(C)(C)O)cc2)CC1. The lowest BCUT2D eigenvalue weighted by molar-refractivity contribution is -0.0893. The molecule has 1 saturated heterocycles. The number of rotatable bonds is 6. The van der Waals surface area contributed by atoms with E-state index in [-0.39, 0.29) is 0 Å². The largest absolute Gasteiger partial charge is 0.427 e. The van der Waals surface area contributed by atoms with Gasteiger partial charge in [0.2, 0.25) is 0 Å². The van der Waals surface area contributed by atoms with Crippen LogP contribution in [0.15, 0.2) is 24.3 Å². The van der Waals surface area contributed by atoms with Gasteiger partial charge < -0.3 is 14.7 Å². The first-order valence-corrected chi connectivity index (χ1v) is 9.02. The number of hydrogen-bond acceptors (Lipinski definition) is 4. The molecular weight excluding hydrogens is 299 g/mol. The van der Waals surface area contributed by atoms with Crippen molar-refractivity contribution in [3.05, 3.63) is 29.8 Å². The molecule has 0 saturated carbocycles. The summed E-state index contributed by atoms with van der Waals surface area (Å²) in [5.74, 6) is 0. The number of likely N-dealkylation sites (N-methyl/N-ethyl adjacent to an activating group) is 1. The normalized spacial score (nSPS) is 18.4. The third kappa shape index (κ3) is 5.59. The third-order valence-electron chi connectivity index (χ3n) is 5.31. The molecule has 1 aromatic rings. The second-order valence-electron chi connectivity index (χ2n) is 8.11. The molecule has 1 N–H and O–H groups in total. The molecule has 24 heavy (non-hydrogen) atoms. The monoisotopic (exact) mass is 332 g/mol. The summed E-state index contributed by atoms with van der Waals surface area (Å²) in [6.07, 6.45) is 1.24. The van der Waals surface area contributed by atoms with Crippen molar-refractivity contribution >= 4 is 12.9 Å². The fraction of sp³-hybridized carbons (Fsp3) is 0.684. The van der Waals surface area contributed by atoms with Gasteiger partial charge in [0.15, 0.2) is 0 Å². The fourth-order valence-electron chi connectivity index (χ4n) is 2.70. The van der Waals surface area contributed by atoms with Gasteiger partial charge in [-0.2, -0.15) is 0 Å². The highest BCUT2D eigenvalue weighted by Gasteiger charge is 2.35. The topological polar surface area (TPSA) is 35.9 Å². The summed E-state index contributed by atoms with van der Waals surface area (Å²) in [4.78, 5) is 4.94. The molecule has 1 heterocycles. The van der Waals surface area contributed by atoms with E-state index in [1.54, 1.807) is 13.8 Å².